The molecule has 0 unspecified atom stereocenters. The first kappa shape index (κ1) is 34.2. The molecule has 6 aromatic rings. The summed E-state index contributed by atoms with van der Waals surface area (Å²) in [6, 6.07) is 25.7. The van der Waals surface area contributed by atoms with E-state index in [1.165, 1.54) is 15.1 Å². The second kappa shape index (κ2) is 13.5. The summed E-state index contributed by atoms with van der Waals surface area (Å²) in [5.41, 5.74) is 7.77. The van der Waals surface area contributed by atoms with Crippen molar-refractivity contribution in [2.75, 3.05) is 13.1 Å². The van der Waals surface area contributed by atoms with E-state index in [0.717, 1.165) is 51.6 Å². The smallest absolute Gasteiger partial charge is 0.410 e. The van der Waals surface area contributed by atoms with Gasteiger partial charge in [0.15, 0.2) is 5.65 Å². The molecule has 1 amide bonds. The van der Waals surface area contributed by atoms with Crippen LogP contribution in [-0.4, -0.2) is 56.8 Å². The second-order valence-corrected chi connectivity index (χ2v) is 16.3. The molecule has 1 saturated heterocycles. The number of carbonyl (C=O) groups is 1. The van der Waals surface area contributed by atoms with Crippen molar-refractivity contribution in [3.05, 3.63) is 126 Å². The van der Waals surface area contributed by atoms with Gasteiger partial charge < -0.3 is 9.64 Å². The van der Waals surface area contributed by atoms with Gasteiger partial charge in [-0.15, -0.1) is 0 Å². The highest BCUT2D eigenvalue weighted by atomic mass is 32.2. The van der Waals surface area contributed by atoms with Crippen LogP contribution in [0.3, 0.4) is 0 Å². The first-order valence-corrected chi connectivity index (χ1v) is 18.8. The fourth-order valence-electron chi connectivity index (χ4n) is 6.73. The number of pyridine rings is 1. The highest BCUT2D eigenvalue weighted by Gasteiger charge is 2.28. The molecule has 0 aliphatic carbocycles. The van der Waals surface area contributed by atoms with E-state index in [4.69, 9.17) is 9.72 Å². The van der Waals surface area contributed by atoms with Crippen LogP contribution >= 0.6 is 0 Å². The Balaban J connectivity index is 1.20. The van der Waals surface area contributed by atoms with Gasteiger partial charge in [-0.25, -0.2) is 22.2 Å². The van der Waals surface area contributed by atoms with Gasteiger partial charge in [-0.05, 0) is 88.3 Å². The number of aryl methyl sites for hydroxylation is 2. The molecule has 1 aliphatic rings. The van der Waals surface area contributed by atoms with Crippen molar-refractivity contribution in [3.63, 3.8) is 0 Å². The summed E-state index contributed by atoms with van der Waals surface area (Å²) < 4.78 is 36.8. The number of nitrogens with zero attached hydrogens (tertiary/aromatic N) is 5. The van der Waals surface area contributed by atoms with Gasteiger partial charge >= 0.3 is 6.09 Å². The van der Waals surface area contributed by atoms with Crippen LogP contribution in [0.5, 0.6) is 0 Å². The summed E-state index contributed by atoms with van der Waals surface area (Å²) in [5.74, 6) is 0.349. The summed E-state index contributed by atoms with van der Waals surface area (Å²) >= 11 is 0. The number of ether oxygens (including phenoxy) is 1. The Labute approximate surface area is 299 Å². The van der Waals surface area contributed by atoms with Crippen molar-refractivity contribution in [2.45, 2.75) is 70.4 Å². The summed E-state index contributed by atoms with van der Waals surface area (Å²) in [6.45, 7) is 11.6. The first-order chi connectivity index (χ1) is 24.3. The predicted molar refractivity (Wildman–Crippen MR) is 200 cm³/mol. The highest BCUT2D eigenvalue weighted by molar-refractivity contribution is 7.90. The Morgan fingerprint density at radius 1 is 0.843 bits per heavy atom. The van der Waals surface area contributed by atoms with E-state index in [-0.39, 0.29) is 11.0 Å². The molecule has 262 valence electrons. The lowest BCUT2D eigenvalue weighted by molar-refractivity contribution is 0.0205. The molecule has 0 spiro atoms. The standard InChI is InChI=1S/C41H43N5O4S/c1-28-9-15-36(16-10-28)51(48,49)46-27-38(35-24-43-45(26-35)25-30-8-6-7-29(2)21-30)37-22-34(23-42-39(37)46)32-13-11-31(12-14-32)33-17-19-44(20-18-33)40(47)50-41(3,4)5/h6-16,21-24,26-27,33H,17-20,25H2,1-5H3. The minimum Gasteiger partial charge on any atom is -0.444 e. The average Bonchev–Trinajstić information content (AvgIpc) is 3.72. The van der Waals surface area contributed by atoms with Gasteiger partial charge in [0.05, 0.1) is 17.6 Å². The third-order valence-corrected chi connectivity index (χ3v) is 11.1. The van der Waals surface area contributed by atoms with Crippen LogP contribution < -0.4 is 0 Å². The first-order valence-electron chi connectivity index (χ1n) is 17.3. The van der Waals surface area contributed by atoms with Crippen LogP contribution in [0.25, 0.3) is 33.3 Å². The maximum Gasteiger partial charge on any atom is 0.410 e. The van der Waals surface area contributed by atoms with Crippen LogP contribution in [0.4, 0.5) is 4.79 Å². The Hall–Kier alpha value is -5.22. The molecule has 0 radical (unpaired) electrons. The fraction of sp³-hybridized carbons (Fsp3) is 0.293. The Morgan fingerprint density at radius 3 is 2.25 bits per heavy atom. The van der Waals surface area contributed by atoms with Gasteiger partial charge in [-0.1, -0.05) is 71.8 Å². The quantitative estimate of drug-likeness (QED) is 0.165. The monoisotopic (exact) mass is 701 g/mol. The maximum absolute atomic E-state index is 14.0. The van der Waals surface area contributed by atoms with Crippen molar-refractivity contribution < 1.29 is 17.9 Å². The molecule has 10 heteroatoms. The molecule has 51 heavy (non-hydrogen) atoms. The molecular formula is C41H43N5O4S. The zero-order valence-electron chi connectivity index (χ0n) is 29.7. The summed E-state index contributed by atoms with van der Waals surface area (Å²) in [7, 11) is -3.94. The molecule has 0 N–H and O–H groups in total. The summed E-state index contributed by atoms with van der Waals surface area (Å²) in [5, 5.41) is 5.36. The van der Waals surface area contributed by atoms with E-state index in [2.05, 4.69) is 54.5 Å². The van der Waals surface area contributed by atoms with Gasteiger partial charge in [0.25, 0.3) is 10.0 Å². The van der Waals surface area contributed by atoms with Gasteiger partial charge in [-0.2, -0.15) is 5.10 Å². The number of piperidine rings is 1. The summed E-state index contributed by atoms with van der Waals surface area (Å²) in [4.78, 5) is 19.3. The number of fused-ring (bicyclic) bond motifs is 1. The van der Waals surface area contributed by atoms with Crippen LogP contribution in [0.2, 0.25) is 0 Å². The number of rotatable bonds is 7. The van der Waals surface area contributed by atoms with E-state index >= 15 is 0 Å². The molecule has 0 saturated carbocycles. The SMILES string of the molecule is Cc1ccc(S(=O)(=O)n2cc(-c3cnn(Cc4cccc(C)c4)c3)c3cc(-c4ccc(C5CCN(C(=O)OC(C)(C)C)CC5)cc4)cnc32)cc1. The normalized spacial score (nSPS) is 14.3. The lowest BCUT2D eigenvalue weighted by atomic mass is 9.88. The lowest BCUT2D eigenvalue weighted by Crippen LogP contribution is -2.41. The molecular weight excluding hydrogens is 659 g/mol. The third kappa shape index (κ3) is 7.32. The molecule has 7 rings (SSSR count). The van der Waals surface area contributed by atoms with E-state index in [1.54, 1.807) is 47.8 Å². The van der Waals surface area contributed by atoms with Crippen LogP contribution in [0.15, 0.2) is 109 Å². The number of hydrogen-bond acceptors (Lipinski definition) is 6. The molecule has 3 aromatic carbocycles. The van der Waals surface area contributed by atoms with Gasteiger partial charge in [0, 0.05) is 53.8 Å². The van der Waals surface area contributed by atoms with Gasteiger partial charge in [0.1, 0.15) is 5.60 Å². The number of likely N-dealkylation sites (tertiary alicyclic amines) is 1. The van der Waals surface area contributed by atoms with Crippen molar-refractivity contribution in [3.8, 4) is 22.3 Å². The number of benzene rings is 3. The zero-order chi connectivity index (χ0) is 35.9. The molecule has 4 heterocycles. The van der Waals surface area contributed by atoms with Gasteiger partial charge in [0.2, 0.25) is 0 Å². The number of carbonyl (C=O) groups excluding carboxylic acids is 1. The third-order valence-electron chi connectivity index (χ3n) is 9.42. The minimum absolute atomic E-state index is 0.199. The largest absolute Gasteiger partial charge is 0.444 e. The zero-order valence-corrected chi connectivity index (χ0v) is 30.5. The molecule has 1 aliphatic heterocycles. The molecule has 1 fully saturated rings. The second-order valence-electron chi connectivity index (χ2n) is 14.5. The molecule has 3 aromatic heterocycles. The molecule has 9 nitrogen and oxygen atoms in total. The van der Waals surface area contributed by atoms with E-state index in [1.807, 2.05) is 50.7 Å². The van der Waals surface area contributed by atoms with Crippen LogP contribution in [0, 0.1) is 13.8 Å². The Kier molecular flexibility index (Phi) is 9.05. The Bertz CT molecular complexity index is 2310. The van der Waals surface area contributed by atoms with Crippen molar-refractivity contribution in [1.29, 1.82) is 0 Å². The highest BCUT2D eigenvalue weighted by Crippen LogP contribution is 2.36. The van der Waals surface area contributed by atoms with Crippen LogP contribution in [-0.2, 0) is 21.3 Å². The van der Waals surface area contributed by atoms with Crippen LogP contribution in [0.1, 0.15) is 61.8 Å². The average molecular weight is 702 g/mol. The number of aromatic nitrogens is 4. The fourth-order valence-corrected chi connectivity index (χ4v) is 8.06. The van der Waals surface area contributed by atoms with Crippen molar-refractivity contribution >= 4 is 27.1 Å². The number of amides is 1. The number of hydrogen-bond donors (Lipinski definition) is 0. The Morgan fingerprint density at radius 2 is 1.57 bits per heavy atom. The molecule has 0 atom stereocenters. The van der Waals surface area contributed by atoms with E-state index in [9.17, 15) is 13.2 Å². The lowest BCUT2D eigenvalue weighted by Gasteiger charge is -2.33. The van der Waals surface area contributed by atoms with Gasteiger partial charge in [-0.3, -0.25) is 4.68 Å². The summed E-state index contributed by atoms with van der Waals surface area (Å²) in [6.07, 6.45) is 8.63. The topological polar surface area (TPSA) is 99.3 Å². The molecule has 0 bridgehead atoms. The van der Waals surface area contributed by atoms with E-state index < -0.39 is 15.6 Å². The predicted octanol–water partition coefficient (Wildman–Crippen LogP) is 8.58. The maximum atomic E-state index is 14.0. The van der Waals surface area contributed by atoms with Crippen molar-refractivity contribution in [1.82, 2.24) is 23.6 Å². The minimum atomic E-state index is -3.94. The van der Waals surface area contributed by atoms with Crippen molar-refractivity contribution in [2.24, 2.45) is 0 Å². The van der Waals surface area contributed by atoms with E-state index in [0.29, 0.717) is 31.2 Å².